The van der Waals surface area contributed by atoms with Crippen LogP contribution in [0.3, 0.4) is 0 Å². The molecule has 0 radical (unpaired) electrons. The minimum atomic E-state index is -1.02. The number of carbonyl (C=O) groups excluding carboxylic acids is 1. The number of imidazole rings is 1. The number of alkyl halides is 1. The van der Waals surface area contributed by atoms with Gasteiger partial charge in [0.2, 0.25) is 5.91 Å². The zero-order chi connectivity index (χ0) is 17.8. The molecule has 0 spiro atoms. The summed E-state index contributed by atoms with van der Waals surface area (Å²) in [7, 11) is 0. The molecular weight excluding hydrogens is 335 g/mol. The van der Waals surface area contributed by atoms with E-state index in [-0.39, 0.29) is 5.91 Å². The highest BCUT2D eigenvalue weighted by Gasteiger charge is 2.43. The second kappa shape index (κ2) is 5.39. The fourth-order valence-electron chi connectivity index (χ4n) is 3.25. The summed E-state index contributed by atoms with van der Waals surface area (Å²) in [5, 5.41) is 2.68. The number of nitrogens with zero attached hydrogens (tertiary/aromatic N) is 3. The van der Waals surface area contributed by atoms with Crippen LogP contribution in [0.5, 0.6) is 0 Å². The van der Waals surface area contributed by atoms with Gasteiger partial charge in [-0.15, -0.1) is 0 Å². The molecule has 1 amide bonds. The van der Waals surface area contributed by atoms with E-state index in [0.29, 0.717) is 17.9 Å². The lowest BCUT2D eigenvalue weighted by Crippen LogP contribution is -2.15. The first kappa shape index (κ1) is 15.1. The van der Waals surface area contributed by atoms with Gasteiger partial charge in [-0.1, -0.05) is 6.07 Å². The van der Waals surface area contributed by atoms with E-state index in [4.69, 9.17) is 4.42 Å². The maximum Gasteiger partial charge on any atom is 0.231 e. The molecule has 1 N–H and O–H groups in total. The van der Waals surface area contributed by atoms with Gasteiger partial charge in [0.25, 0.3) is 0 Å². The van der Waals surface area contributed by atoms with E-state index in [9.17, 15) is 9.18 Å². The number of anilines is 1. The van der Waals surface area contributed by atoms with Gasteiger partial charge in [-0.3, -0.25) is 4.79 Å². The molecule has 26 heavy (non-hydrogen) atoms. The molecule has 7 heteroatoms. The molecule has 1 aliphatic rings. The summed E-state index contributed by atoms with van der Waals surface area (Å²) in [6, 6.07) is 7.73. The summed E-state index contributed by atoms with van der Waals surface area (Å²) in [6.07, 6.45) is 4.37. The number of pyridine rings is 1. The summed E-state index contributed by atoms with van der Waals surface area (Å²) < 4.78 is 20.2. The Balaban J connectivity index is 1.54. The summed E-state index contributed by atoms with van der Waals surface area (Å²) >= 11 is 0. The molecule has 4 aromatic rings. The van der Waals surface area contributed by atoms with E-state index in [1.54, 1.807) is 6.20 Å². The van der Waals surface area contributed by atoms with Gasteiger partial charge in [0, 0.05) is 17.3 Å². The Kier molecular flexibility index (Phi) is 3.12. The molecule has 1 aliphatic carbocycles. The predicted octanol–water partition coefficient (Wildman–Crippen LogP) is 3.75. The third-order valence-corrected chi connectivity index (χ3v) is 4.75. The standard InChI is InChI=1S/C19H15FN4O2/c1-10-2-4-14-18(21-9-26-14)17(10)11-3-5-16-22-15(8-24(16)7-11)23-19(25)12-6-13(12)20/h2-5,7-9,12-13H,6H2,1H3,(H,23,25)/t12-,13+/m1/s1. The topological polar surface area (TPSA) is 72.4 Å². The van der Waals surface area contributed by atoms with Crippen LogP contribution >= 0.6 is 0 Å². The van der Waals surface area contributed by atoms with Gasteiger partial charge in [-0.05, 0) is 37.1 Å². The van der Waals surface area contributed by atoms with Crippen LogP contribution in [0.15, 0.2) is 47.5 Å². The fourth-order valence-corrected chi connectivity index (χ4v) is 3.25. The highest BCUT2D eigenvalue weighted by molar-refractivity contribution is 5.94. The number of rotatable bonds is 3. The number of benzene rings is 1. The zero-order valence-electron chi connectivity index (χ0n) is 13.9. The van der Waals surface area contributed by atoms with Crippen molar-refractivity contribution in [1.82, 2.24) is 14.4 Å². The van der Waals surface area contributed by atoms with Crippen molar-refractivity contribution >= 4 is 28.5 Å². The van der Waals surface area contributed by atoms with Crippen molar-refractivity contribution in [3.8, 4) is 11.1 Å². The highest BCUT2D eigenvalue weighted by atomic mass is 19.1. The quantitative estimate of drug-likeness (QED) is 0.611. The van der Waals surface area contributed by atoms with Crippen molar-refractivity contribution in [2.75, 3.05) is 5.32 Å². The van der Waals surface area contributed by atoms with E-state index >= 15 is 0 Å². The smallest absolute Gasteiger partial charge is 0.231 e. The normalized spacial score (nSPS) is 19.2. The minimum absolute atomic E-state index is 0.296. The van der Waals surface area contributed by atoms with Gasteiger partial charge in [0.05, 0.1) is 12.1 Å². The van der Waals surface area contributed by atoms with Crippen molar-refractivity contribution in [1.29, 1.82) is 0 Å². The number of aryl methyl sites for hydroxylation is 1. The molecule has 1 saturated carbocycles. The zero-order valence-corrected chi connectivity index (χ0v) is 13.9. The first-order chi connectivity index (χ1) is 12.6. The molecular formula is C19H15FN4O2. The van der Waals surface area contributed by atoms with Crippen molar-refractivity contribution in [2.45, 2.75) is 19.5 Å². The van der Waals surface area contributed by atoms with Crippen molar-refractivity contribution in [3.05, 3.63) is 48.6 Å². The van der Waals surface area contributed by atoms with Crippen molar-refractivity contribution < 1.29 is 13.6 Å². The number of aromatic nitrogens is 3. The van der Waals surface area contributed by atoms with Gasteiger partial charge in [-0.25, -0.2) is 14.4 Å². The molecule has 2 atom stereocenters. The van der Waals surface area contributed by atoms with Crippen LogP contribution in [0, 0.1) is 12.8 Å². The Bertz CT molecular complexity index is 1160. The Hall–Kier alpha value is -3.22. The average Bonchev–Trinajstić information content (AvgIpc) is 3.02. The minimum Gasteiger partial charge on any atom is -0.443 e. The average molecular weight is 350 g/mol. The summed E-state index contributed by atoms with van der Waals surface area (Å²) in [4.78, 5) is 20.6. The first-order valence-electron chi connectivity index (χ1n) is 8.37. The molecule has 3 heterocycles. The largest absolute Gasteiger partial charge is 0.443 e. The van der Waals surface area contributed by atoms with Crippen molar-refractivity contribution in [2.24, 2.45) is 5.92 Å². The summed E-state index contributed by atoms with van der Waals surface area (Å²) in [6.45, 7) is 2.02. The molecule has 0 bridgehead atoms. The Morgan fingerprint density at radius 2 is 2.15 bits per heavy atom. The third-order valence-electron chi connectivity index (χ3n) is 4.75. The van der Waals surface area contributed by atoms with Gasteiger partial charge in [0.1, 0.15) is 17.3 Å². The second-order valence-electron chi connectivity index (χ2n) is 6.61. The number of halogens is 1. The molecule has 0 unspecified atom stereocenters. The molecule has 0 aliphatic heterocycles. The van der Waals surface area contributed by atoms with E-state index in [1.165, 1.54) is 6.39 Å². The molecule has 5 rings (SSSR count). The van der Waals surface area contributed by atoms with Gasteiger partial charge >= 0.3 is 0 Å². The van der Waals surface area contributed by atoms with Crippen LogP contribution in [-0.2, 0) is 4.79 Å². The lowest BCUT2D eigenvalue weighted by atomic mass is 10.0. The van der Waals surface area contributed by atoms with Crippen LogP contribution in [0.1, 0.15) is 12.0 Å². The van der Waals surface area contributed by atoms with E-state index in [2.05, 4.69) is 15.3 Å². The number of oxazole rings is 1. The van der Waals surface area contributed by atoms with Crippen LogP contribution in [0.2, 0.25) is 0 Å². The van der Waals surface area contributed by atoms with Gasteiger partial charge < -0.3 is 14.1 Å². The van der Waals surface area contributed by atoms with Gasteiger partial charge in [-0.2, -0.15) is 0 Å². The number of amides is 1. The molecule has 6 nitrogen and oxygen atoms in total. The number of hydrogen-bond donors (Lipinski definition) is 1. The SMILES string of the molecule is Cc1ccc2ocnc2c1-c1ccc2nc(NC(=O)[C@@H]3C[C@@H]3F)cn2c1. The lowest BCUT2D eigenvalue weighted by molar-refractivity contribution is -0.117. The van der Waals surface area contributed by atoms with E-state index in [1.807, 2.05) is 41.8 Å². The number of nitrogens with one attached hydrogen (secondary N) is 1. The monoisotopic (exact) mass is 350 g/mol. The summed E-state index contributed by atoms with van der Waals surface area (Å²) in [5.41, 5.74) is 5.28. The number of fused-ring (bicyclic) bond motifs is 2. The van der Waals surface area contributed by atoms with Crippen LogP contribution < -0.4 is 5.32 Å². The molecule has 1 aromatic carbocycles. The molecule has 0 saturated heterocycles. The number of carbonyl (C=O) groups is 1. The Morgan fingerprint density at radius 3 is 2.96 bits per heavy atom. The van der Waals surface area contributed by atoms with E-state index < -0.39 is 12.1 Å². The van der Waals surface area contributed by atoms with Crippen LogP contribution in [0.4, 0.5) is 10.2 Å². The molecule has 1 fully saturated rings. The van der Waals surface area contributed by atoms with E-state index in [0.717, 1.165) is 27.8 Å². The molecule has 3 aromatic heterocycles. The first-order valence-corrected chi connectivity index (χ1v) is 8.37. The Morgan fingerprint density at radius 1 is 1.31 bits per heavy atom. The Labute approximate surface area is 147 Å². The number of hydrogen-bond acceptors (Lipinski definition) is 4. The fraction of sp³-hybridized carbons (Fsp3) is 0.211. The van der Waals surface area contributed by atoms with Crippen molar-refractivity contribution in [3.63, 3.8) is 0 Å². The van der Waals surface area contributed by atoms with Crippen LogP contribution in [0.25, 0.3) is 27.9 Å². The molecule has 130 valence electrons. The maximum atomic E-state index is 13.0. The second-order valence-corrected chi connectivity index (χ2v) is 6.61. The maximum absolute atomic E-state index is 13.0. The van der Waals surface area contributed by atoms with Crippen LogP contribution in [-0.4, -0.2) is 26.4 Å². The third kappa shape index (κ3) is 2.35. The van der Waals surface area contributed by atoms with Gasteiger partial charge in [0.15, 0.2) is 17.8 Å². The highest BCUT2D eigenvalue weighted by Crippen LogP contribution is 2.35. The predicted molar refractivity (Wildman–Crippen MR) is 94.6 cm³/mol. The summed E-state index contributed by atoms with van der Waals surface area (Å²) in [5.74, 6) is -0.435. The lowest BCUT2D eigenvalue weighted by Gasteiger charge is -2.07.